The molecular formula is C21H32N6O. The molecule has 2 N–H and O–H groups in total. The molecule has 2 aromatic rings. The zero-order valence-electron chi connectivity index (χ0n) is 17.2. The number of aryl methyl sites for hydroxylation is 2. The normalized spacial score (nSPS) is 16.3. The van der Waals surface area contributed by atoms with Crippen molar-refractivity contribution in [1.82, 2.24) is 25.5 Å². The van der Waals surface area contributed by atoms with Crippen molar-refractivity contribution in [3.05, 3.63) is 47.4 Å². The summed E-state index contributed by atoms with van der Waals surface area (Å²) in [5.74, 6) is 3.29. The van der Waals surface area contributed by atoms with E-state index in [1.54, 1.807) is 0 Å². The third kappa shape index (κ3) is 6.05. The number of aliphatic imine (C=N–C) groups is 1. The fourth-order valence-electron chi connectivity index (χ4n) is 3.46. The van der Waals surface area contributed by atoms with Crippen LogP contribution < -0.4 is 10.6 Å². The summed E-state index contributed by atoms with van der Waals surface area (Å²) in [4.78, 5) is 15.6. The van der Waals surface area contributed by atoms with Crippen LogP contribution in [0.25, 0.3) is 0 Å². The van der Waals surface area contributed by atoms with Gasteiger partial charge in [0.15, 0.2) is 5.96 Å². The molecule has 0 unspecified atom stereocenters. The lowest BCUT2D eigenvalue weighted by Crippen LogP contribution is -2.43. The number of pyridine rings is 1. The first-order chi connectivity index (χ1) is 13.6. The summed E-state index contributed by atoms with van der Waals surface area (Å²) in [5.41, 5.74) is 2.09. The van der Waals surface area contributed by atoms with E-state index in [1.807, 2.05) is 45.3 Å². The highest BCUT2D eigenvalue weighted by Crippen LogP contribution is 2.19. The number of hydrogen-bond acceptors (Lipinski definition) is 5. The molecule has 152 valence electrons. The summed E-state index contributed by atoms with van der Waals surface area (Å²) in [6, 6.07) is 6.01. The van der Waals surface area contributed by atoms with Crippen LogP contribution in [0.1, 0.15) is 35.9 Å². The molecule has 0 spiro atoms. The van der Waals surface area contributed by atoms with Crippen molar-refractivity contribution in [2.45, 2.75) is 39.7 Å². The van der Waals surface area contributed by atoms with Crippen LogP contribution in [0, 0.1) is 19.8 Å². The van der Waals surface area contributed by atoms with Gasteiger partial charge in [0.1, 0.15) is 5.76 Å². The second-order valence-electron chi connectivity index (χ2n) is 7.42. The molecule has 2 aromatic heterocycles. The number of guanidine groups is 1. The highest BCUT2D eigenvalue weighted by molar-refractivity contribution is 5.79. The number of nitrogens with zero attached hydrogens (tertiary/aromatic N) is 4. The summed E-state index contributed by atoms with van der Waals surface area (Å²) in [6.45, 7) is 8.72. The predicted octanol–water partition coefficient (Wildman–Crippen LogP) is 2.31. The van der Waals surface area contributed by atoms with Gasteiger partial charge in [0.05, 0.1) is 12.2 Å². The molecule has 7 heteroatoms. The molecule has 28 heavy (non-hydrogen) atoms. The number of likely N-dealkylation sites (tertiary alicyclic amines) is 1. The van der Waals surface area contributed by atoms with E-state index >= 15 is 0 Å². The molecule has 0 aliphatic carbocycles. The van der Waals surface area contributed by atoms with Crippen LogP contribution in [0.4, 0.5) is 0 Å². The van der Waals surface area contributed by atoms with Crippen molar-refractivity contribution < 1.29 is 4.42 Å². The molecule has 1 aliphatic heterocycles. The maximum absolute atomic E-state index is 5.71. The predicted molar refractivity (Wildman–Crippen MR) is 111 cm³/mol. The van der Waals surface area contributed by atoms with E-state index in [-0.39, 0.29) is 0 Å². The largest absolute Gasteiger partial charge is 0.444 e. The molecule has 1 fully saturated rings. The Hall–Kier alpha value is -2.41. The van der Waals surface area contributed by atoms with Crippen LogP contribution in [0.15, 0.2) is 33.8 Å². The third-order valence-electron chi connectivity index (χ3n) is 5.32. The lowest BCUT2D eigenvalue weighted by molar-refractivity contribution is 0.164. The number of piperidine rings is 1. The molecule has 0 atom stereocenters. The fourth-order valence-corrected chi connectivity index (χ4v) is 3.46. The molecule has 3 heterocycles. The van der Waals surface area contributed by atoms with E-state index in [4.69, 9.17) is 4.42 Å². The molecule has 0 radical (unpaired) electrons. The Labute approximate surface area is 167 Å². The zero-order chi connectivity index (χ0) is 19.8. The van der Waals surface area contributed by atoms with Gasteiger partial charge < -0.3 is 15.1 Å². The van der Waals surface area contributed by atoms with Crippen LogP contribution >= 0.6 is 0 Å². The topological polar surface area (TPSA) is 78.6 Å². The Morgan fingerprint density at radius 1 is 1.25 bits per heavy atom. The average molecular weight is 385 g/mol. The second-order valence-corrected chi connectivity index (χ2v) is 7.42. The van der Waals surface area contributed by atoms with E-state index in [0.717, 1.165) is 68.1 Å². The number of oxazole rings is 1. The number of rotatable bonds is 7. The minimum atomic E-state index is 0.665. The standard InChI is InChI=1S/C21H32N6O/c1-16-17(2)28-20(26-16)15-27-12-8-18(9-13-27)14-25-21(22-3)24-11-7-19-6-4-5-10-23-19/h4-6,10,18H,7-9,11-15H2,1-3H3,(H2,22,24,25). The van der Waals surface area contributed by atoms with Crippen molar-refractivity contribution in [3.8, 4) is 0 Å². The summed E-state index contributed by atoms with van der Waals surface area (Å²) in [6.07, 6.45) is 5.08. The SMILES string of the molecule is CN=C(NCCc1ccccn1)NCC1CCN(Cc2nc(C)c(C)o2)CC1. The Kier molecular flexibility index (Phi) is 7.42. The van der Waals surface area contributed by atoms with Crippen LogP contribution in [0.5, 0.6) is 0 Å². The van der Waals surface area contributed by atoms with E-state index in [1.165, 1.54) is 12.8 Å². The van der Waals surface area contributed by atoms with Gasteiger partial charge in [-0.15, -0.1) is 0 Å². The van der Waals surface area contributed by atoms with Gasteiger partial charge in [-0.25, -0.2) is 4.98 Å². The van der Waals surface area contributed by atoms with Gasteiger partial charge in [-0.1, -0.05) is 6.07 Å². The fraction of sp³-hybridized carbons (Fsp3) is 0.571. The van der Waals surface area contributed by atoms with Gasteiger partial charge in [0.2, 0.25) is 5.89 Å². The molecule has 7 nitrogen and oxygen atoms in total. The van der Waals surface area contributed by atoms with Crippen molar-refractivity contribution >= 4 is 5.96 Å². The summed E-state index contributed by atoms with van der Waals surface area (Å²) in [7, 11) is 1.82. The Balaban J connectivity index is 1.33. The number of hydrogen-bond donors (Lipinski definition) is 2. The maximum atomic E-state index is 5.71. The highest BCUT2D eigenvalue weighted by atomic mass is 16.4. The van der Waals surface area contributed by atoms with E-state index in [2.05, 4.69) is 30.5 Å². The van der Waals surface area contributed by atoms with Crippen LogP contribution in [-0.2, 0) is 13.0 Å². The van der Waals surface area contributed by atoms with Crippen molar-refractivity contribution in [3.63, 3.8) is 0 Å². The van der Waals surface area contributed by atoms with Gasteiger partial charge in [0, 0.05) is 38.4 Å². The monoisotopic (exact) mass is 384 g/mol. The first-order valence-electron chi connectivity index (χ1n) is 10.1. The van der Waals surface area contributed by atoms with E-state index in [9.17, 15) is 0 Å². The van der Waals surface area contributed by atoms with Crippen LogP contribution in [0.2, 0.25) is 0 Å². The highest BCUT2D eigenvalue weighted by Gasteiger charge is 2.21. The van der Waals surface area contributed by atoms with E-state index < -0.39 is 0 Å². The van der Waals surface area contributed by atoms with Crippen molar-refractivity contribution in [1.29, 1.82) is 0 Å². The summed E-state index contributed by atoms with van der Waals surface area (Å²) >= 11 is 0. The molecule has 1 saturated heterocycles. The number of aromatic nitrogens is 2. The molecule has 3 rings (SSSR count). The van der Waals surface area contributed by atoms with Crippen LogP contribution in [-0.4, -0.2) is 54.1 Å². The Bertz CT molecular complexity index is 730. The molecular weight excluding hydrogens is 352 g/mol. The van der Waals surface area contributed by atoms with Gasteiger partial charge in [-0.05, 0) is 57.8 Å². The zero-order valence-corrected chi connectivity index (χ0v) is 17.2. The lowest BCUT2D eigenvalue weighted by Gasteiger charge is -2.31. The molecule has 1 aliphatic rings. The Morgan fingerprint density at radius 3 is 2.71 bits per heavy atom. The smallest absolute Gasteiger partial charge is 0.208 e. The summed E-state index contributed by atoms with van der Waals surface area (Å²) < 4.78 is 5.71. The Morgan fingerprint density at radius 2 is 2.07 bits per heavy atom. The molecule has 0 aromatic carbocycles. The van der Waals surface area contributed by atoms with Crippen molar-refractivity contribution in [2.75, 3.05) is 33.2 Å². The van der Waals surface area contributed by atoms with Gasteiger partial charge in [-0.2, -0.15) is 0 Å². The minimum Gasteiger partial charge on any atom is -0.444 e. The lowest BCUT2D eigenvalue weighted by atomic mass is 9.97. The molecule has 0 amide bonds. The first-order valence-corrected chi connectivity index (χ1v) is 10.1. The van der Waals surface area contributed by atoms with Gasteiger partial charge in [-0.3, -0.25) is 14.9 Å². The number of nitrogens with one attached hydrogen (secondary N) is 2. The maximum Gasteiger partial charge on any atom is 0.208 e. The first kappa shape index (κ1) is 20.3. The van der Waals surface area contributed by atoms with E-state index in [0.29, 0.717) is 5.92 Å². The minimum absolute atomic E-state index is 0.665. The quantitative estimate of drug-likeness (QED) is 0.563. The van der Waals surface area contributed by atoms with Gasteiger partial charge in [0.25, 0.3) is 0 Å². The second kappa shape index (κ2) is 10.2. The van der Waals surface area contributed by atoms with Crippen molar-refractivity contribution in [2.24, 2.45) is 10.9 Å². The summed E-state index contributed by atoms with van der Waals surface area (Å²) in [5, 5.41) is 6.84. The van der Waals surface area contributed by atoms with Crippen LogP contribution in [0.3, 0.4) is 0 Å². The molecule has 0 saturated carbocycles. The van der Waals surface area contributed by atoms with Gasteiger partial charge >= 0.3 is 0 Å². The average Bonchev–Trinajstić information content (AvgIpc) is 3.03. The third-order valence-corrected chi connectivity index (χ3v) is 5.32. The molecule has 0 bridgehead atoms.